The number of halogens is 2. The number of benzene rings is 1. The van der Waals surface area contributed by atoms with Crippen molar-refractivity contribution < 1.29 is 9.72 Å². The van der Waals surface area contributed by atoms with Gasteiger partial charge in [-0.3, -0.25) is 14.9 Å². The molecule has 7 heteroatoms. The van der Waals surface area contributed by atoms with Crippen LogP contribution in [0.5, 0.6) is 0 Å². The fraction of sp³-hybridized carbons (Fsp3) is 0.462. The normalized spacial score (nSPS) is 18.9. The van der Waals surface area contributed by atoms with E-state index in [1.54, 1.807) is 4.90 Å². The number of hydrogen-bond acceptors (Lipinski definition) is 3. The number of rotatable bonds is 3. The number of carbonyl (C=O) groups is 1. The first-order chi connectivity index (χ1) is 9.52. The Kier molecular flexibility index (Phi) is 4.99. The summed E-state index contributed by atoms with van der Waals surface area (Å²) in [4.78, 5) is 24.6. The van der Waals surface area contributed by atoms with Crippen molar-refractivity contribution in [1.82, 2.24) is 4.90 Å². The summed E-state index contributed by atoms with van der Waals surface area (Å²) in [6.07, 6.45) is 2.99. The third-order valence-corrected chi connectivity index (χ3v) is 4.37. The average Bonchev–Trinajstić information content (AvgIpc) is 2.45. The van der Waals surface area contributed by atoms with Crippen LogP contribution in [0.1, 0.15) is 29.6 Å². The molecule has 5 nitrogen and oxygen atoms in total. The molecule has 1 aliphatic rings. The van der Waals surface area contributed by atoms with Gasteiger partial charge in [-0.05, 0) is 25.3 Å². The molecule has 0 N–H and O–H groups in total. The van der Waals surface area contributed by atoms with E-state index in [9.17, 15) is 14.9 Å². The molecule has 1 atom stereocenters. The Balaban J connectivity index is 2.30. The van der Waals surface area contributed by atoms with E-state index in [1.807, 2.05) is 0 Å². The molecule has 1 heterocycles. The molecule has 0 aromatic heterocycles. The van der Waals surface area contributed by atoms with Gasteiger partial charge >= 0.3 is 0 Å². The van der Waals surface area contributed by atoms with Crippen LogP contribution in [0.25, 0.3) is 0 Å². The van der Waals surface area contributed by atoms with Crippen LogP contribution in [-0.4, -0.2) is 33.6 Å². The third-order valence-electron chi connectivity index (χ3n) is 3.41. The molecule has 0 spiro atoms. The molecule has 0 bridgehead atoms. The molecular weight excluding hydrogens is 348 g/mol. The van der Waals surface area contributed by atoms with Gasteiger partial charge in [0.1, 0.15) is 0 Å². The summed E-state index contributed by atoms with van der Waals surface area (Å²) >= 11 is 9.28. The van der Waals surface area contributed by atoms with E-state index in [4.69, 9.17) is 11.6 Å². The second-order valence-corrected chi connectivity index (χ2v) is 5.84. The van der Waals surface area contributed by atoms with Crippen LogP contribution in [0.15, 0.2) is 18.2 Å². The van der Waals surface area contributed by atoms with Gasteiger partial charge in [0.25, 0.3) is 11.6 Å². The second kappa shape index (κ2) is 6.54. The number of nitro groups is 1. The monoisotopic (exact) mass is 360 g/mol. The number of amides is 1. The van der Waals surface area contributed by atoms with Crippen LogP contribution < -0.4 is 0 Å². The van der Waals surface area contributed by atoms with Crippen LogP contribution in [0.4, 0.5) is 5.69 Å². The van der Waals surface area contributed by atoms with Crippen molar-refractivity contribution in [2.45, 2.75) is 25.3 Å². The number of carbonyl (C=O) groups excluding carboxylic acids is 1. The Morgan fingerprint density at radius 1 is 1.45 bits per heavy atom. The van der Waals surface area contributed by atoms with Gasteiger partial charge in [0, 0.05) is 40.6 Å². The van der Waals surface area contributed by atoms with Gasteiger partial charge in [-0.1, -0.05) is 27.5 Å². The quantitative estimate of drug-likeness (QED) is 0.469. The number of nitro benzene ring substituents is 1. The largest absolute Gasteiger partial charge is 0.335 e. The predicted molar refractivity (Wildman–Crippen MR) is 80.6 cm³/mol. The first kappa shape index (κ1) is 15.3. The molecule has 0 radical (unpaired) electrons. The SMILES string of the molecule is O=C(c1cc(Cl)cc([N+](=O)[O-])c1)N1CCCCC1CBr. The standard InChI is InChI=1S/C13H14BrClN2O3/c14-8-11-3-1-2-4-16(11)13(18)9-5-10(15)7-12(6-9)17(19)20/h5-7,11H,1-4,8H2. The zero-order chi connectivity index (χ0) is 14.7. The summed E-state index contributed by atoms with van der Waals surface area (Å²) in [5.41, 5.74) is 0.116. The van der Waals surface area contributed by atoms with Crippen molar-refractivity contribution in [3.63, 3.8) is 0 Å². The van der Waals surface area contributed by atoms with Crippen LogP contribution in [0.2, 0.25) is 5.02 Å². The summed E-state index contributed by atoms with van der Waals surface area (Å²) in [5, 5.41) is 11.8. The highest BCUT2D eigenvalue weighted by Gasteiger charge is 2.27. The fourth-order valence-electron chi connectivity index (χ4n) is 2.40. The van der Waals surface area contributed by atoms with Crippen molar-refractivity contribution in [1.29, 1.82) is 0 Å². The van der Waals surface area contributed by atoms with Gasteiger partial charge in [-0.15, -0.1) is 0 Å². The van der Waals surface area contributed by atoms with E-state index in [1.165, 1.54) is 18.2 Å². The number of piperidine rings is 1. The van der Waals surface area contributed by atoms with E-state index in [0.29, 0.717) is 11.9 Å². The lowest BCUT2D eigenvalue weighted by atomic mass is 10.0. The van der Waals surface area contributed by atoms with Crippen molar-refractivity contribution in [2.24, 2.45) is 0 Å². The van der Waals surface area contributed by atoms with Gasteiger partial charge in [0.05, 0.1) is 4.92 Å². The lowest BCUT2D eigenvalue weighted by Crippen LogP contribution is -2.44. The summed E-state index contributed by atoms with van der Waals surface area (Å²) < 4.78 is 0. The van der Waals surface area contributed by atoms with Crippen molar-refractivity contribution in [3.05, 3.63) is 38.9 Å². The Morgan fingerprint density at radius 3 is 2.85 bits per heavy atom. The predicted octanol–water partition coefficient (Wildman–Crippen LogP) is 3.64. The summed E-state index contributed by atoms with van der Waals surface area (Å²) in [6, 6.07) is 4.15. The molecule has 1 aromatic carbocycles. The fourth-order valence-corrected chi connectivity index (χ4v) is 3.30. The van der Waals surface area contributed by atoms with Crippen molar-refractivity contribution >= 4 is 39.1 Å². The summed E-state index contributed by atoms with van der Waals surface area (Å²) in [5.74, 6) is -0.195. The lowest BCUT2D eigenvalue weighted by molar-refractivity contribution is -0.384. The molecule has 1 saturated heterocycles. The van der Waals surface area contributed by atoms with E-state index in [0.717, 1.165) is 19.3 Å². The van der Waals surface area contributed by atoms with Crippen molar-refractivity contribution in [2.75, 3.05) is 11.9 Å². The molecule has 1 aliphatic heterocycles. The summed E-state index contributed by atoms with van der Waals surface area (Å²) in [7, 11) is 0. The number of nitrogens with zero attached hydrogens (tertiary/aromatic N) is 2. The van der Waals surface area contributed by atoms with Crippen LogP contribution in [0, 0.1) is 10.1 Å². The van der Waals surface area contributed by atoms with Gasteiger partial charge in [0.15, 0.2) is 0 Å². The van der Waals surface area contributed by atoms with E-state index in [2.05, 4.69) is 15.9 Å². The molecule has 108 valence electrons. The average molecular weight is 362 g/mol. The highest BCUT2D eigenvalue weighted by Crippen LogP contribution is 2.25. The van der Waals surface area contributed by atoms with E-state index < -0.39 is 4.92 Å². The van der Waals surface area contributed by atoms with Crippen molar-refractivity contribution in [3.8, 4) is 0 Å². The number of hydrogen-bond donors (Lipinski definition) is 0. The Bertz CT molecular complexity index is 538. The molecule has 0 aliphatic carbocycles. The molecular formula is C13H14BrClN2O3. The third kappa shape index (κ3) is 3.30. The van der Waals surface area contributed by atoms with Gasteiger partial charge < -0.3 is 4.90 Å². The van der Waals surface area contributed by atoms with Gasteiger partial charge in [0.2, 0.25) is 0 Å². The Labute approximate surface area is 130 Å². The first-order valence-electron chi connectivity index (χ1n) is 6.35. The Hall–Kier alpha value is -1.14. The molecule has 0 saturated carbocycles. The zero-order valence-corrected chi connectivity index (χ0v) is 13.1. The maximum absolute atomic E-state index is 12.5. The maximum Gasteiger partial charge on any atom is 0.271 e. The number of non-ortho nitro benzene ring substituents is 1. The second-order valence-electron chi connectivity index (χ2n) is 4.76. The molecule has 1 amide bonds. The zero-order valence-electron chi connectivity index (χ0n) is 10.7. The highest BCUT2D eigenvalue weighted by molar-refractivity contribution is 9.09. The minimum atomic E-state index is -0.541. The van der Waals surface area contributed by atoms with Gasteiger partial charge in [-0.25, -0.2) is 0 Å². The first-order valence-corrected chi connectivity index (χ1v) is 7.85. The molecule has 1 unspecified atom stereocenters. The van der Waals surface area contributed by atoms with Crippen LogP contribution >= 0.6 is 27.5 Å². The molecule has 20 heavy (non-hydrogen) atoms. The highest BCUT2D eigenvalue weighted by atomic mass is 79.9. The maximum atomic E-state index is 12.5. The smallest absolute Gasteiger partial charge is 0.271 e. The minimum absolute atomic E-state index is 0.134. The Morgan fingerprint density at radius 2 is 2.20 bits per heavy atom. The number of alkyl halides is 1. The lowest BCUT2D eigenvalue weighted by Gasteiger charge is -2.34. The molecule has 1 aromatic rings. The van der Waals surface area contributed by atoms with Crippen LogP contribution in [-0.2, 0) is 0 Å². The summed E-state index contributed by atoms with van der Waals surface area (Å²) in [6.45, 7) is 0.676. The van der Waals surface area contributed by atoms with E-state index in [-0.39, 0.29) is 28.2 Å². The van der Waals surface area contributed by atoms with E-state index >= 15 is 0 Å². The minimum Gasteiger partial charge on any atom is -0.335 e. The number of likely N-dealkylation sites (tertiary alicyclic amines) is 1. The van der Waals surface area contributed by atoms with Gasteiger partial charge in [-0.2, -0.15) is 0 Å². The topological polar surface area (TPSA) is 63.4 Å². The molecule has 2 rings (SSSR count). The molecule has 1 fully saturated rings. The van der Waals surface area contributed by atoms with Crippen LogP contribution in [0.3, 0.4) is 0 Å².